The smallest absolute Gasteiger partial charge is 0.199 e. The van der Waals surface area contributed by atoms with E-state index in [1.807, 2.05) is 0 Å². The summed E-state index contributed by atoms with van der Waals surface area (Å²) >= 11 is 0. The maximum atomic E-state index is 10.3. The minimum absolute atomic E-state index is 0.370. The number of anilines is 1. The lowest BCUT2D eigenvalue weighted by atomic mass is 9.92. The van der Waals surface area contributed by atoms with Gasteiger partial charge in [0.15, 0.2) is 5.60 Å². The Labute approximate surface area is 120 Å². The third-order valence-electron chi connectivity index (χ3n) is 3.82. The van der Waals surface area contributed by atoms with Gasteiger partial charge in [0.2, 0.25) is 0 Å². The van der Waals surface area contributed by atoms with Crippen molar-refractivity contribution in [2.24, 2.45) is 0 Å². The molecule has 0 amide bonds. The van der Waals surface area contributed by atoms with Gasteiger partial charge in [0.25, 0.3) is 0 Å². The molecule has 7 nitrogen and oxygen atoms in total. The highest BCUT2D eigenvalue weighted by Gasteiger charge is 2.55. The molecule has 3 rings (SSSR count). The van der Waals surface area contributed by atoms with Crippen molar-refractivity contribution in [1.29, 1.82) is 0 Å². The highest BCUT2D eigenvalue weighted by Crippen LogP contribution is 2.40. The fourth-order valence-electron chi connectivity index (χ4n) is 2.69. The van der Waals surface area contributed by atoms with Crippen LogP contribution in [0.5, 0.6) is 0 Å². The molecule has 3 heterocycles. The van der Waals surface area contributed by atoms with E-state index in [-0.39, 0.29) is 0 Å². The molecule has 2 aromatic rings. The van der Waals surface area contributed by atoms with Gasteiger partial charge in [-0.1, -0.05) is 5.92 Å². The lowest BCUT2D eigenvalue weighted by Crippen LogP contribution is -2.40. The average molecular weight is 289 g/mol. The number of hydrogen-bond acceptors (Lipinski definition) is 6. The number of nitrogens with two attached hydrogens (primary N) is 1. The molecule has 0 spiro atoms. The van der Waals surface area contributed by atoms with Crippen LogP contribution in [-0.2, 0) is 10.3 Å². The first-order valence-electron chi connectivity index (χ1n) is 6.40. The van der Waals surface area contributed by atoms with Crippen molar-refractivity contribution in [1.82, 2.24) is 9.61 Å². The molecule has 0 saturated carbocycles. The predicted molar refractivity (Wildman–Crippen MR) is 74.1 cm³/mol. The summed E-state index contributed by atoms with van der Waals surface area (Å²) in [5.74, 6) is 2.39. The minimum atomic E-state index is -1.60. The van der Waals surface area contributed by atoms with Gasteiger partial charge < -0.3 is 25.8 Å². The molecule has 5 N–H and O–H groups in total. The maximum Gasteiger partial charge on any atom is 0.199 e. The molecular weight excluding hydrogens is 274 g/mol. The van der Waals surface area contributed by atoms with E-state index in [4.69, 9.17) is 16.9 Å². The molecule has 0 aromatic carbocycles. The van der Waals surface area contributed by atoms with Crippen molar-refractivity contribution >= 4 is 11.2 Å². The number of nitrogens with zero attached hydrogens (tertiary/aromatic N) is 2. The molecule has 21 heavy (non-hydrogen) atoms. The molecule has 0 bridgehead atoms. The summed E-state index contributed by atoms with van der Waals surface area (Å²) < 4.78 is 7.04. The van der Waals surface area contributed by atoms with Crippen LogP contribution >= 0.6 is 0 Å². The summed E-state index contributed by atoms with van der Waals surface area (Å²) in [5.41, 5.74) is 5.74. The molecule has 1 aliphatic heterocycles. The van der Waals surface area contributed by atoms with Crippen LogP contribution in [0.15, 0.2) is 24.4 Å². The summed E-state index contributed by atoms with van der Waals surface area (Å²) in [6, 6.07) is 4.97. The molecule has 4 atom stereocenters. The first kappa shape index (κ1) is 13.9. The maximum absolute atomic E-state index is 10.3. The molecule has 1 aliphatic rings. The van der Waals surface area contributed by atoms with E-state index in [0.717, 1.165) is 0 Å². The number of fused-ring (bicyclic) bond motifs is 1. The van der Waals surface area contributed by atoms with Crippen LogP contribution in [0.3, 0.4) is 0 Å². The fourth-order valence-corrected chi connectivity index (χ4v) is 2.69. The lowest BCUT2D eigenvalue weighted by Gasteiger charge is -2.26. The Kier molecular flexibility index (Phi) is 3.11. The van der Waals surface area contributed by atoms with E-state index in [2.05, 4.69) is 11.0 Å². The topological polar surface area (TPSA) is 113 Å². The second kappa shape index (κ2) is 4.72. The van der Waals surface area contributed by atoms with Crippen molar-refractivity contribution in [2.45, 2.75) is 23.9 Å². The van der Waals surface area contributed by atoms with Crippen molar-refractivity contribution < 1.29 is 20.1 Å². The van der Waals surface area contributed by atoms with Crippen LogP contribution in [0, 0.1) is 12.3 Å². The van der Waals surface area contributed by atoms with E-state index in [1.165, 1.54) is 10.7 Å². The summed E-state index contributed by atoms with van der Waals surface area (Å²) in [4.78, 5) is 0. The Morgan fingerprint density at radius 1 is 1.43 bits per heavy atom. The van der Waals surface area contributed by atoms with Crippen LogP contribution in [0.1, 0.15) is 5.69 Å². The number of terminal acetylenes is 1. The SMILES string of the molecule is C#C[C@@]1(c2ccc3c(N)ccnn23)O[C@H](CO)[C@@H](O)[C@H]1O. The van der Waals surface area contributed by atoms with E-state index < -0.39 is 30.5 Å². The highest BCUT2D eigenvalue weighted by atomic mass is 16.6. The van der Waals surface area contributed by atoms with Gasteiger partial charge in [0.1, 0.15) is 18.3 Å². The Morgan fingerprint density at radius 2 is 2.19 bits per heavy atom. The zero-order valence-electron chi connectivity index (χ0n) is 11.0. The van der Waals surface area contributed by atoms with Gasteiger partial charge in [-0.15, -0.1) is 6.42 Å². The normalized spacial score (nSPS) is 32.4. The van der Waals surface area contributed by atoms with Gasteiger partial charge in [0, 0.05) is 6.20 Å². The molecule has 1 fully saturated rings. The van der Waals surface area contributed by atoms with Crippen molar-refractivity contribution in [3.8, 4) is 12.3 Å². The van der Waals surface area contributed by atoms with Gasteiger partial charge in [-0.2, -0.15) is 5.10 Å². The number of rotatable bonds is 2. The van der Waals surface area contributed by atoms with Gasteiger partial charge in [-0.05, 0) is 18.2 Å². The zero-order valence-corrected chi connectivity index (χ0v) is 11.0. The Bertz CT molecular complexity index is 723. The monoisotopic (exact) mass is 289 g/mol. The third kappa shape index (κ3) is 1.74. The molecule has 0 unspecified atom stereocenters. The first-order valence-corrected chi connectivity index (χ1v) is 6.40. The average Bonchev–Trinajstić information content (AvgIpc) is 3.03. The van der Waals surface area contributed by atoms with Crippen LogP contribution in [-0.4, -0.2) is 49.9 Å². The van der Waals surface area contributed by atoms with Gasteiger partial charge in [-0.25, -0.2) is 4.52 Å². The minimum Gasteiger partial charge on any atom is -0.397 e. The summed E-state index contributed by atoms with van der Waals surface area (Å²) in [6.45, 7) is -0.458. The molecule has 2 aromatic heterocycles. The third-order valence-corrected chi connectivity index (χ3v) is 3.82. The van der Waals surface area contributed by atoms with Crippen LogP contribution < -0.4 is 5.73 Å². The first-order chi connectivity index (χ1) is 10.0. The summed E-state index contributed by atoms with van der Waals surface area (Å²) in [5, 5.41) is 33.7. The second-order valence-corrected chi connectivity index (χ2v) is 4.96. The van der Waals surface area contributed by atoms with E-state index in [9.17, 15) is 15.3 Å². The Morgan fingerprint density at radius 3 is 2.81 bits per heavy atom. The molecule has 1 saturated heterocycles. The molecule has 7 heteroatoms. The van der Waals surface area contributed by atoms with Gasteiger partial charge in [-0.3, -0.25) is 0 Å². The summed E-state index contributed by atoms with van der Waals surface area (Å²) in [7, 11) is 0. The van der Waals surface area contributed by atoms with E-state index in [1.54, 1.807) is 18.2 Å². The number of nitrogen functional groups attached to an aromatic ring is 1. The van der Waals surface area contributed by atoms with Gasteiger partial charge in [0.05, 0.1) is 23.5 Å². The Hall–Kier alpha value is -2.11. The van der Waals surface area contributed by atoms with Gasteiger partial charge >= 0.3 is 0 Å². The quantitative estimate of drug-likeness (QED) is 0.520. The molecule has 0 aliphatic carbocycles. The van der Waals surface area contributed by atoms with E-state index in [0.29, 0.717) is 16.9 Å². The molecular formula is C14H15N3O4. The standard InChI is InChI=1S/C14H15N3O4/c1-2-14(13(20)12(19)10(7-18)21-14)11-4-3-9-8(15)5-6-16-17(9)11/h1,3-6,10,12-13,18-20H,7,15H2/t10-,12-,13-,14+/m1/s1. The largest absolute Gasteiger partial charge is 0.397 e. The predicted octanol–water partition coefficient (Wildman–Crippen LogP) is -1.14. The van der Waals surface area contributed by atoms with Crippen LogP contribution in [0.2, 0.25) is 0 Å². The summed E-state index contributed by atoms with van der Waals surface area (Å²) in [6.07, 6.45) is 3.40. The zero-order chi connectivity index (χ0) is 15.2. The van der Waals surface area contributed by atoms with Crippen LogP contribution in [0.4, 0.5) is 5.69 Å². The van der Waals surface area contributed by atoms with Crippen molar-refractivity contribution in [3.63, 3.8) is 0 Å². The Balaban J connectivity index is 2.20. The van der Waals surface area contributed by atoms with Crippen molar-refractivity contribution in [2.75, 3.05) is 12.3 Å². The highest BCUT2D eigenvalue weighted by molar-refractivity contribution is 5.69. The van der Waals surface area contributed by atoms with Crippen LogP contribution in [0.25, 0.3) is 5.52 Å². The molecule has 110 valence electrons. The number of aliphatic hydroxyl groups excluding tert-OH is 3. The number of ether oxygens (including phenoxy) is 1. The molecule has 0 radical (unpaired) electrons. The second-order valence-electron chi connectivity index (χ2n) is 4.96. The van der Waals surface area contributed by atoms with E-state index >= 15 is 0 Å². The van der Waals surface area contributed by atoms with Crippen molar-refractivity contribution in [3.05, 3.63) is 30.1 Å². The lowest BCUT2D eigenvalue weighted by molar-refractivity contribution is -0.0629. The fraction of sp³-hybridized carbons (Fsp3) is 0.357. The number of hydrogen-bond donors (Lipinski definition) is 4. The number of aromatic nitrogens is 2. The number of aliphatic hydroxyl groups is 3.